The predicted octanol–water partition coefficient (Wildman–Crippen LogP) is 4.06. The summed E-state index contributed by atoms with van der Waals surface area (Å²) < 4.78 is 11.2. The van der Waals surface area contributed by atoms with Crippen LogP contribution in [0.15, 0.2) is 39.2 Å². The highest BCUT2D eigenvalue weighted by atomic mass is 16.4. The highest BCUT2D eigenvalue weighted by Crippen LogP contribution is 2.22. The maximum Gasteiger partial charge on any atom is 0.247 e. The molecule has 0 saturated heterocycles. The molecule has 6 heteroatoms. The minimum absolute atomic E-state index is 0.0640. The molecule has 1 unspecified atom stereocenters. The van der Waals surface area contributed by atoms with Crippen LogP contribution < -0.4 is 5.32 Å². The van der Waals surface area contributed by atoms with Gasteiger partial charge in [-0.1, -0.05) is 17.7 Å². The summed E-state index contributed by atoms with van der Waals surface area (Å²) in [7, 11) is 0. The van der Waals surface area contributed by atoms with E-state index < -0.39 is 0 Å². The second-order valence-electron chi connectivity index (χ2n) is 6.52. The molecule has 3 rings (SSSR count). The van der Waals surface area contributed by atoms with E-state index in [0.29, 0.717) is 18.2 Å². The number of aromatic nitrogens is 2. The fourth-order valence-corrected chi connectivity index (χ4v) is 2.86. The number of amides is 1. The summed E-state index contributed by atoms with van der Waals surface area (Å²) in [6.07, 6.45) is 0.691. The van der Waals surface area contributed by atoms with Crippen molar-refractivity contribution in [3.8, 4) is 11.5 Å². The van der Waals surface area contributed by atoms with Gasteiger partial charge in [-0.05, 0) is 45.9 Å². The topological polar surface area (TPSA) is 81.2 Å². The van der Waals surface area contributed by atoms with E-state index in [2.05, 4.69) is 15.5 Å². The number of rotatable bonds is 6. The number of benzene rings is 1. The Kier molecular flexibility index (Phi) is 5.21. The van der Waals surface area contributed by atoms with Gasteiger partial charge in [0, 0.05) is 24.0 Å². The fourth-order valence-electron chi connectivity index (χ4n) is 2.86. The van der Waals surface area contributed by atoms with E-state index in [0.717, 1.165) is 22.6 Å². The molecule has 0 bridgehead atoms. The molecule has 0 radical (unpaired) electrons. The molecule has 0 aliphatic carbocycles. The molecule has 26 heavy (non-hydrogen) atoms. The first-order valence-corrected chi connectivity index (χ1v) is 8.68. The second-order valence-corrected chi connectivity index (χ2v) is 6.52. The van der Waals surface area contributed by atoms with Crippen molar-refractivity contribution in [3.05, 3.63) is 58.9 Å². The molecule has 1 atom stereocenters. The quantitative estimate of drug-likeness (QED) is 0.722. The van der Waals surface area contributed by atoms with Crippen LogP contribution in [0.25, 0.3) is 11.5 Å². The molecular formula is C20H23N3O3. The Labute approximate surface area is 152 Å². The number of hydrogen-bond donors (Lipinski definition) is 1. The highest BCUT2D eigenvalue weighted by Gasteiger charge is 2.16. The monoisotopic (exact) mass is 353 g/mol. The summed E-state index contributed by atoms with van der Waals surface area (Å²) in [5, 5.41) is 11.1. The standard InChI is InChI=1S/C20H23N3O3/c1-12-5-7-16(8-6-12)20-23-22-19(26-20)10-9-18(24)21-14(3)17-11-13(2)25-15(17)4/h5-8,11,14H,9-10H2,1-4H3,(H,21,24). The zero-order chi connectivity index (χ0) is 18.7. The van der Waals surface area contributed by atoms with Crippen molar-refractivity contribution in [1.82, 2.24) is 15.5 Å². The Morgan fingerprint density at radius 2 is 1.85 bits per heavy atom. The summed E-state index contributed by atoms with van der Waals surface area (Å²) in [4.78, 5) is 12.2. The largest absolute Gasteiger partial charge is 0.466 e. The molecule has 1 N–H and O–H groups in total. The predicted molar refractivity (Wildman–Crippen MR) is 97.5 cm³/mol. The van der Waals surface area contributed by atoms with Gasteiger partial charge in [0.1, 0.15) is 11.5 Å². The van der Waals surface area contributed by atoms with Crippen LogP contribution in [0, 0.1) is 20.8 Å². The number of carbonyl (C=O) groups excluding carboxylic acids is 1. The Morgan fingerprint density at radius 1 is 1.12 bits per heavy atom. The summed E-state index contributed by atoms with van der Waals surface area (Å²) in [5.74, 6) is 2.53. The average Bonchev–Trinajstić information content (AvgIpc) is 3.20. The summed E-state index contributed by atoms with van der Waals surface area (Å²) >= 11 is 0. The third-order valence-electron chi connectivity index (χ3n) is 4.25. The van der Waals surface area contributed by atoms with Crippen molar-refractivity contribution < 1.29 is 13.6 Å². The van der Waals surface area contributed by atoms with Crippen LogP contribution in [0.5, 0.6) is 0 Å². The van der Waals surface area contributed by atoms with Gasteiger partial charge in [0.2, 0.25) is 17.7 Å². The first kappa shape index (κ1) is 17.9. The van der Waals surface area contributed by atoms with Gasteiger partial charge >= 0.3 is 0 Å². The molecule has 136 valence electrons. The minimum Gasteiger partial charge on any atom is -0.466 e. The van der Waals surface area contributed by atoms with Crippen LogP contribution in [0.2, 0.25) is 0 Å². The molecule has 1 amide bonds. The van der Waals surface area contributed by atoms with Crippen LogP contribution in [0.3, 0.4) is 0 Å². The third kappa shape index (κ3) is 4.20. The lowest BCUT2D eigenvalue weighted by atomic mass is 10.1. The van der Waals surface area contributed by atoms with Gasteiger partial charge in [0.15, 0.2) is 0 Å². The molecule has 3 aromatic rings. The van der Waals surface area contributed by atoms with Crippen LogP contribution in [-0.2, 0) is 11.2 Å². The van der Waals surface area contributed by atoms with Crippen molar-refractivity contribution in [1.29, 1.82) is 0 Å². The molecule has 6 nitrogen and oxygen atoms in total. The summed E-state index contributed by atoms with van der Waals surface area (Å²) in [6, 6.07) is 9.71. The van der Waals surface area contributed by atoms with Crippen LogP contribution >= 0.6 is 0 Å². The van der Waals surface area contributed by atoms with Gasteiger partial charge in [-0.15, -0.1) is 10.2 Å². The smallest absolute Gasteiger partial charge is 0.247 e. The van der Waals surface area contributed by atoms with Gasteiger partial charge in [0.25, 0.3) is 0 Å². The van der Waals surface area contributed by atoms with Crippen molar-refractivity contribution in [2.45, 2.75) is 46.6 Å². The molecular weight excluding hydrogens is 330 g/mol. The molecule has 0 fully saturated rings. The van der Waals surface area contributed by atoms with Crippen LogP contribution in [0.4, 0.5) is 0 Å². The number of nitrogens with zero attached hydrogens (tertiary/aromatic N) is 2. The van der Waals surface area contributed by atoms with Crippen molar-refractivity contribution in [2.75, 3.05) is 0 Å². The zero-order valence-corrected chi connectivity index (χ0v) is 15.5. The zero-order valence-electron chi connectivity index (χ0n) is 15.5. The van der Waals surface area contributed by atoms with Gasteiger partial charge in [-0.3, -0.25) is 4.79 Å². The first-order valence-electron chi connectivity index (χ1n) is 8.68. The Balaban J connectivity index is 1.55. The maximum atomic E-state index is 12.2. The lowest BCUT2D eigenvalue weighted by Gasteiger charge is -2.12. The number of nitrogens with one attached hydrogen (secondary N) is 1. The third-order valence-corrected chi connectivity index (χ3v) is 4.25. The summed E-state index contributed by atoms with van der Waals surface area (Å²) in [6.45, 7) is 7.76. The molecule has 0 aliphatic rings. The highest BCUT2D eigenvalue weighted by molar-refractivity contribution is 5.76. The summed E-state index contributed by atoms with van der Waals surface area (Å²) in [5.41, 5.74) is 3.04. The van der Waals surface area contributed by atoms with Crippen molar-refractivity contribution >= 4 is 5.91 Å². The van der Waals surface area contributed by atoms with E-state index in [-0.39, 0.29) is 18.4 Å². The number of hydrogen-bond acceptors (Lipinski definition) is 5. The van der Waals surface area contributed by atoms with Crippen LogP contribution in [-0.4, -0.2) is 16.1 Å². The van der Waals surface area contributed by atoms with Gasteiger partial charge in [-0.25, -0.2) is 0 Å². The van der Waals surface area contributed by atoms with Gasteiger partial charge in [-0.2, -0.15) is 0 Å². The Bertz CT molecular complexity index is 893. The van der Waals surface area contributed by atoms with E-state index in [1.54, 1.807) is 0 Å². The Morgan fingerprint density at radius 3 is 2.50 bits per heavy atom. The fraction of sp³-hybridized carbons (Fsp3) is 0.350. The van der Waals surface area contributed by atoms with Gasteiger partial charge < -0.3 is 14.2 Å². The SMILES string of the molecule is Cc1ccc(-c2nnc(CCC(=O)NC(C)c3cc(C)oc3C)o2)cc1. The molecule has 0 saturated carbocycles. The van der Waals surface area contributed by atoms with Crippen LogP contribution in [0.1, 0.15) is 47.9 Å². The van der Waals surface area contributed by atoms with Crippen molar-refractivity contribution in [2.24, 2.45) is 0 Å². The van der Waals surface area contributed by atoms with E-state index >= 15 is 0 Å². The molecule has 2 heterocycles. The molecule has 1 aromatic carbocycles. The van der Waals surface area contributed by atoms with Gasteiger partial charge in [0.05, 0.1) is 6.04 Å². The first-order chi connectivity index (χ1) is 12.4. The average molecular weight is 353 g/mol. The van der Waals surface area contributed by atoms with E-state index in [4.69, 9.17) is 8.83 Å². The molecule has 2 aromatic heterocycles. The Hall–Kier alpha value is -2.89. The number of aryl methyl sites for hydroxylation is 4. The molecule has 0 aliphatic heterocycles. The minimum atomic E-state index is -0.106. The van der Waals surface area contributed by atoms with E-state index in [1.807, 2.05) is 58.0 Å². The van der Waals surface area contributed by atoms with E-state index in [9.17, 15) is 4.79 Å². The lowest BCUT2D eigenvalue weighted by molar-refractivity contribution is -0.121. The second kappa shape index (κ2) is 7.56. The number of carbonyl (C=O) groups is 1. The number of furan rings is 1. The molecule has 0 spiro atoms. The van der Waals surface area contributed by atoms with Crippen molar-refractivity contribution in [3.63, 3.8) is 0 Å². The normalized spacial score (nSPS) is 12.2. The van der Waals surface area contributed by atoms with E-state index in [1.165, 1.54) is 5.56 Å². The lowest BCUT2D eigenvalue weighted by Crippen LogP contribution is -2.27. The maximum absolute atomic E-state index is 12.2.